The molecule has 0 saturated heterocycles. The van der Waals surface area contributed by atoms with Crippen LogP contribution >= 0.6 is 0 Å². The number of carbonyl (C=O) groups excluding carboxylic acids is 3. The number of hydrogen-bond donors (Lipinski definition) is 6. The fourth-order valence-electron chi connectivity index (χ4n) is 8.09. The lowest BCUT2D eigenvalue weighted by atomic mass is 10.0. The third-order valence-electron chi connectivity index (χ3n) is 11.9. The predicted molar refractivity (Wildman–Crippen MR) is 283 cm³/mol. The summed E-state index contributed by atoms with van der Waals surface area (Å²) >= 11 is 0. The maximum absolute atomic E-state index is 12.5. The Morgan fingerprint density at radius 1 is 0.403 bits per heavy atom. The topological polar surface area (TPSA) is 216 Å². The lowest BCUT2D eigenvalue weighted by Gasteiger charge is -2.10. The van der Waals surface area contributed by atoms with Gasteiger partial charge in [-0.2, -0.15) is 0 Å². The SMILES string of the molecule is CCCCCNCC(=O)Nc1ccc(-c2cn(Cc3cc(Cn4cc(-c5ccc(NC(=O)CNCCCCC)cc5)nn4)cc(Cn4cc(-c5ccc(NC(=O)CNCCCCC)cc5)nn4)c3)nn2)cc1. The van der Waals surface area contributed by atoms with Gasteiger partial charge in [-0.25, -0.2) is 14.0 Å². The van der Waals surface area contributed by atoms with Crippen molar-refractivity contribution in [3.63, 3.8) is 0 Å². The van der Waals surface area contributed by atoms with Gasteiger partial charge in [-0.15, -0.1) is 15.3 Å². The van der Waals surface area contributed by atoms with Crippen LogP contribution in [0.5, 0.6) is 0 Å². The van der Waals surface area contributed by atoms with Crippen molar-refractivity contribution in [1.82, 2.24) is 60.9 Å². The van der Waals surface area contributed by atoms with Gasteiger partial charge in [0.25, 0.3) is 0 Å². The van der Waals surface area contributed by atoms with Crippen LogP contribution in [-0.4, -0.2) is 102 Å². The van der Waals surface area contributed by atoms with Crippen LogP contribution in [0.15, 0.2) is 110 Å². The molecule has 7 rings (SSSR count). The molecule has 0 fully saturated rings. The van der Waals surface area contributed by atoms with Gasteiger partial charge < -0.3 is 31.9 Å². The fourth-order valence-corrected chi connectivity index (χ4v) is 8.09. The van der Waals surface area contributed by atoms with Gasteiger partial charge >= 0.3 is 0 Å². The van der Waals surface area contributed by atoms with Crippen molar-refractivity contribution in [3.8, 4) is 33.8 Å². The molecule has 0 saturated carbocycles. The van der Waals surface area contributed by atoms with E-state index in [0.717, 1.165) is 128 Å². The van der Waals surface area contributed by atoms with E-state index in [1.54, 1.807) is 0 Å². The molecule has 18 heteroatoms. The van der Waals surface area contributed by atoms with E-state index >= 15 is 0 Å². The Bertz CT molecular complexity index is 2450. The van der Waals surface area contributed by atoms with Gasteiger partial charge in [0.2, 0.25) is 17.7 Å². The van der Waals surface area contributed by atoms with Gasteiger partial charge in [-0.3, -0.25) is 14.4 Å². The lowest BCUT2D eigenvalue weighted by molar-refractivity contribution is -0.116. The van der Waals surface area contributed by atoms with Crippen LogP contribution in [0, 0.1) is 0 Å². The summed E-state index contributed by atoms with van der Waals surface area (Å²) in [7, 11) is 0. The van der Waals surface area contributed by atoms with E-state index in [-0.39, 0.29) is 37.4 Å². The van der Waals surface area contributed by atoms with E-state index < -0.39 is 0 Å². The Morgan fingerprint density at radius 3 is 0.944 bits per heavy atom. The second-order valence-corrected chi connectivity index (χ2v) is 18.1. The Hall–Kier alpha value is -7.41. The molecule has 0 aliphatic rings. The Labute approximate surface area is 422 Å². The van der Waals surface area contributed by atoms with Crippen LogP contribution in [0.2, 0.25) is 0 Å². The first kappa shape index (κ1) is 52.4. The first-order chi connectivity index (χ1) is 35.2. The van der Waals surface area contributed by atoms with Crippen LogP contribution < -0.4 is 31.9 Å². The summed E-state index contributed by atoms with van der Waals surface area (Å²) in [6.45, 7) is 11.1. The lowest BCUT2D eigenvalue weighted by Crippen LogP contribution is -2.28. The number of rotatable bonds is 30. The minimum absolute atomic E-state index is 0.0792. The average molecular weight is 976 g/mol. The van der Waals surface area contributed by atoms with Crippen molar-refractivity contribution >= 4 is 34.8 Å². The van der Waals surface area contributed by atoms with Crippen molar-refractivity contribution in [2.45, 2.75) is 98.2 Å². The maximum Gasteiger partial charge on any atom is 0.238 e. The largest absolute Gasteiger partial charge is 0.325 e. The van der Waals surface area contributed by atoms with E-state index in [9.17, 15) is 14.4 Å². The molecule has 3 aromatic heterocycles. The number of nitrogens with zero attached hydrogens (tertiary/aromatic N) is 9. The minimum Gasteiger partial charge on any atom is -0.325 e. The first-order valence-electron chi connectivity index (χ1n) is 25.4. The second kappa shape index (κ2) is 27.8. The summed E-state index contributed by atoms with van der Waals surface area (Å²) in [5.74, 6) is -0.238. The average Bonchev–Trinajstić information content (AvgIpc) is 4.17. The van der Waals surface area contributed by atoms with Gasteiger partial charge in [-0.1, -0.05) is 130 Å². The van der Waals surface area contributed by atoms with Crippen molar-refractivity contribution in [2.75, 3.05) is 55.2 Å². The summed E-state index contributed by atoms with van der Waals surface area (Å²) in [4.78, 5) is 37.4. The number of amides is 3. The molecule has 0 radical (unpaired) electrons. The van der Waals surface area contributed by atoms with Crippen LogP contribution in [0.1, 0.15) is 95.2 Å². The third kappa shape index (κ3) is 16.9. The molecule has 0 unspecified atom stereocenters. The molecule has 378 valence electrons. The molecule has 3 amide bonds. The monoisotopic (exact) mass is 976 g/mol. The molecule has 6 N–H and O–H groups in total. The molecule has 0 aliphatic carbocycles. The standard InChI is InChI=1S/C54H69N15O3/c1-4-7-10-25-55-31-52(70)58-46-19-13-43(14-20-46)49-37-67(64-61-49)34-40-28-41(35-68-38-50(62-65-68)44-15-21-47(22-16-44)59-53(71)32-56-26-11-8-5-2)30-42(29-40)36-69-39-51(63-66-69)45-17-23-48(24-18-45)60-54(72)33-57-27-12-9-6-3/h13-24,28-30,37-39,55-57H,4-12,25-27,31-36H2,1-3H3,(H,58,70)(H,59,71)(H,60,72). The molecule has 7 aromatic rings. The van der Waals surface area contributed by atoms with Crippen molar-refractivity contribution in [2.24, 2.45) is 0 Å². The van der Waals surface area contributed by atoms with Gasteiger partial charge in [0, 0.05) is 33.8 Å². The Kier molecular flexibility index (Phi) is 20.3. The van der Waals surface area contributed by atoms with Gasteiger partial charge in [0.1, 0.15) is 17.1 Å². The Balaban J connectivity index is 1.02. The van der Waals surface area contributed by atoms with Crippen LogP contribution in [0.25, 0.3) is 33.8 Å². The number of hydrogen-bond acceptors (Lipinski definition) is 12. The third-order valence-corrected chi connectivity index (χ3v) is 11.9. The molecular formula is C54H69N15O3. The number of carbonyl (C=O) groups is 3. The van der Waals surface area contributed by atoms with Crippen molar-refractivity contribution < 1.29 is 14.4 Å². The van der Waals surface area contributed by atoms with Crippen LogP contribution in [0.3, 0.4) is 0 Å². The van der Waals surface area contributed by atoms with E-state index in [2.05, 4.69) is 102 Å². The van der Waals surface area contributed by atoms with E-state index in [1.165, 1.54) is 0 Å². The molecule has 0 spiro atoms. The summed E-state index contributed by atoms with van der Waals surface area (Å²) in [6, 6.07) is 29.2. The van der Waals surface area contributed by atoms with Crippen LogP contribution in [0.4, 0.5) is 17.1 Å². The highest BCUT2D eigenvalue weighted by Crippen LogP contribution is 2.24. The molecule has 0 atom stereocenters. The first-order valence-corrected chi connectivity index (χ1v) is 25.4. The van der Waals surface area contributed by atoms with Gasteiger partial charge in [0.15, 0.2) is 0 Å². The van der Waals surface area contributed by atoms with Crippen molar-refractivity contribution in [3.05, 3.63) is 126 Å². The highest BCUT2D eigenvalue weighted by Gasteiger charge is 2.13. The van der Waals surface area contributed by atoms with Crippen molar-refractivity contribution in [1.29, 1.82) is 0 Å². The maximum atomic E-state index is 12.5. The van der Waals surface area contributed by atoms with Crippen LogP contribution in [-0.2, 0) is 34.0 Å². The minimum atomic E-state index is -0.0792. The van der Waals surface area contributed by atoms with E-state index in [1.807, 2.05) is 105 Å². The van der Waals surface area contributed by atoms with E-state index in [4.69, 9.17) is 0 Å². The predicted octanol–water partition coefficient (Wildman–Crippen LogP) is 7.76. The highest BCUT2D eigenvalue weighted by atomic mass is 16.2. The number of anilines is 3. The van der Waals surface area contributed by atoms with Gasteiger partial charge in [0.05, 0.1) is 57.9 Å². The fraction of sp³-hybridized carbons (Fsp3) is 0.389. The highest BCUT2D eigenvalue weighted by molar-refractivity contribution is 5.93. The zero-order valence-corrected chi connectivity index (χ0v) is 41.9. The van der Waals surface area contributed by atoms with E-state index in [0.29, 0.717) is 36.7 Å². The number of aromatic nitrogens is 9. The van der Waals surface area contributed by atoms with Gasteiger partial charge in [-0.05, 0) is 92.0 Å². The number of nitrogens with one attached hydrogen (secondary N) is 6. The summed E-state index contributed by atoms with van der Waals surface area (Å²) in [5, 5.41) is 45.4. The summed E-state index contributed by atoms with van der Waals surface area (Å²) in [6.07, 6.45) is 15.8. The quantitative estimate of drug-likeness (QED) is 0.0239. The zero-order chi connectivity index (χ0) is 50.3. The molecule has 0 aliphatic heterocycles. The Morgan fingerprint density at radius 2 is 0.681 bits per heavy atom. The normalized spacial score (nSPS) is 11.2. The number of benzene rings is 4. The second-order valence-electron chi connectivity index (χ2n) is 18.1. The molecule has 0 bridgehead atoms. The molecule has 4 aromatic carbocycles. The molecule has 3 heterocycles. The molecule has 18 nitrogen and oxygen atoms in total. The summed E-state index contributed by atoms with van der Waals surface area (Å²) in [5.41, 5.74) is 9.93. The molecule has 72 heavy (non-hydrogen) atoms. The molecular weight excluding hydrogens is 907 g/mol. The number of unbranched alkanes of at least 4 members (excludes halogenated alkanes) is 6. The summed E-state index contributed by atoms with van der Waals surface area (Å²) < 4.78 is 5.43. The zero-order valence-electron chi connectivity index (χ0n) is 41.9. The smallest absolute Gasteiger partial charge is 0.238 e.